The highest BCUT2D eigenvalue weighted by Crippen LogP contribution is 2.14. The Morgan fingerprint density at radius 1 is 0.667 bits per heavy atom. The van der Waals surface area contributed by atoms with Gasteiger partial charge in [0.05, 0.1) is 0 Å². The molecular formula is C36H60O6. The summed E-state index contributed by atoms with van der Waals surface area (Å²) in [4.78, 5) is 35.4. The van der Waals surface area contributed by atoms with E-state index < -0.39 is 6.10 Å². The number of unbranched alkanes of at least 4 members (excludes halogenated alkanes) is 8. The fraction of sp³-hybridized carbons (Fsp3) is 0.694. The van der Waals surface area contributed by atoms with Gasteiger partial charge in [0.25, 0.3) is 0 Å². The van der Waals surface area contributed by atoms with Crippen molar-refractivity contribution in [3.05, 3.63) is 48.6 Å². The van der Waals surface area contributed by atoms with Crippen LogP contribution in [0, 0.1) is 5.92 Å². The molecule has 0 spiro atoms. The molecule has 0 aromatic rings. The molecule has 0 heterocycles. The number of ketones is 1. The molecule has 1 unspecified atom stereocenters. The summed E-state index contributed by atoms with van der Waals surface area (Å²) in [6.45, 7) is 6.36. The molecule has 1 N–H and O–H groups in total. The van der Waals surface area contributed by atoms with E-state index in [0.29, 0.717) is 19.3 Å². The van der Waals surface area contributed by atoms with Gasteiger partial charge in [0.15, 0.2) is 5.78 Å². The summed E-state index contributed by atoms with van der Waals surface area (Å²) >= 11 is 0. The molecule has 0 saturated heterocycles. The number of aliphatic hydroxyl groups is 1. The molecule has 0 aromatic heterocycles. The molecule has 0 aromatic carbocycles. The van der Waals surface area contributed by atoms with E-state index in [1.54, 1.807) is 6.08 Å². The van der Waals surface area contributed by atoms with Gasteiger partial charge in [-0.25, -0.2) is 0 Å². The van der Waals surface area contributed by atoms with E-state index in [-0.39, 0.29) is 37.4 Å². The van der Waals surface area contributed by atoms with Gasteiger partial charge in [-0.05, 0) is 50.5 Å². The van der Waals surface area contributed by atoms with Crippen LogP contribution in [-0.2, 0) is 23.9 Å². The van der Waals surface area contributed by atoms with Gasteiger partial charge in [0.1, 0.15) is 19.3 Å². The molecule has 240 valence electrons. The number of carbonyl (C=O) groups is 3. The number of carbonyl (C=O) groups excluding carboxylic acids is 3. The first-order valence-corrected chi connectivity index (χ1v) is 16.5. The molecule has 0 bridgehead atoms. The Balaban J connectivity index is 3.67. The van der Waals surface area contributed by atoms with E-state index in [9.17, 15) is 19.5 Å². The zero-order valence-corrected chi connectivity index (χ0v) is 26.9. The van der Waals surface area contributed by atoms with Crippen LogP contribution in [-0.4, -0.2) is 42.1 Å². The normalized spacial score (nSPS) is 13.4. The van der Waals surface area contributed by atoms with Gasteiger partial charge in [-0.2, -0.15) is 0 Å². The molecule has 0 saturated carbocycles. The van der Waals surface area contributed by atoms with Crippen LogP contribution in [0.1, 0.15) is 136 Å². The lowest BCUT2D eigenvalue weighted by molar-refractivity contribution is -0.152. The van der Waals surface area contributed by atoms with Crippen molar-refractivity contribution in [1.82, 2.24) is 0 Å². The third-order valence-electron chi connectivity index (χ3n) is 7.08. The fourth-order valence-electron chi connectivity index (χ4n) is 4.12. The molecule has 0 fully saturated rings. The van der Waals surface area contributed by atoms with E-state index in [1.807, 2.05) is 24.3 Å². The second kappa shape index (κ2) is 30.0. The molecule has 0 aliphatic carbocycles. The summed E-state index contributed by atoms with van der Waals surface area (Å²) in [5.74, 6) is 0.333. The van der Waals surface area contributed by atoms with Crippen LogP contribution >= 0.6 is 0 Å². The summed E-state index contributed by atoms with van der Waals surface area (Å²) in [5, 5.41) is 9.93. The fourth-order valence-corrected chi connectivity index (χ4v) is 4.12. The number of allylic oxidation sites excluding steroid dienone is 8. The van der Waals surface area contributed by atoms with Crippen molar-refractivity contribution in [2.75, 3.05) is 13.2 Å². The number of rotatable bonds is 28. The number of hydrogen-bond acceptors (Lipinski definition) is 6. The highest BCUT2D eigenvalue weighted by Gasteiger charge is 2.12. The van der Waals surface area contributed by atoms with E-state index in [4.69, 9.17) is 9.47 Å². The Hall–Kier alpha value is -2.47. The number of hydrogen-bond donors (Lipinski definition) is 1. The minimum atomic E-state index is -1.00. The Kier molecular flexibility index (Phi) is 28.2. The van der Waals surface area contributed by atoms with E-state index in [2.05, 4.69) is 39.0 Å². The second-order valence-electron chi connectivity index (χ2n) is 11.2. The molecule has 0 aliphatic heterocycles. The highest BCUT2D eigenvalue weighted by atomic mass is 16.6. The van der Waals surface area contributed by atoms with Crippen LogP contribution < -0.4 is 0 Å². The maximum atomic E-state index is 11.9. The van der Waals surface area contributed by atoms with Crippen molar-refractivity contribution in [2.45, 2.75) is 142 Å². The molecule has 42 heavy (non-hydrogen) atoms. The van der Waals surface area contributed by atoms with Gasteiger partial charge < -0.3 is 14.6 Å². The summed E-state index contributed by atoms with van der Waals surface area (Å²) in [6, 6.07) is 0. The predicted molar refractivity (Wildman–Crippen MR) is 173 cm³/mol. The van der Waals surface area contributed by atoms with Gasteiger partial charge >= 0.3 is 11.9 Å². The number of aliphatic hydroxyl groups excluding tert-OH is 1. The van der Waals surface area contributed by atoms with Crippen molar-refractivity contribution in [3.8, 4) is 0 Å². The summed E-state index contributed by atoms with van der Waals surface area (Å²) in [6.07, 6.45) is 31.5. The van der Waals surface area contributed by atoms with Crippen LogP contribution in [0.15, 0.2) is 48.6 Å². The maximum Gasteiger partial charge on any atom is 0.305 e. The summed E-state index contributed by atoms with van der Waals surface area (Å²) in [5.41, 5.74) is 0. The molecule has 6 heteroatoms. The second-order valence-corrected chi connectivity index (χ2v) is 11.2. The average molecular weight is 589 g/mol. The van der Waals surface area contributed by atoms with Crippen molar-refractivity contribution < 1.29 is 29.0 Å². The molecule has 0 amide bonds. The van der Waals surface area contributed by atoms with E-state index >= 15 is 0 Å². The molecule has 0 rings (SSSR count). The monoisotopic (exact) mass is 588 g/mol. The number of esters is 2. The van der Waals surface area contributed by atoms with Crippen LogP contribution in [0.3, 0.4) is 0 Å². The van der Waals surface area contributed by atoms with Crippen molar-refractivity contribution >= 4 is 17.7 Å². The first-order chi connectivity index (χ1) is 20.4. The molecule has 2 atom stereocenters. The van der Waals surface area contributed by atoms with Crippen LogP contribution in [0.5, 0.6) is 0 Å². The predicted octanol–water partition coefficient (Wildman–Crippen LogP) is 8.93. The molecule has 0 radical (unpaired) electrons. The van der Waals surface area contributed by atoms with E-state index in [0.717, 1.165) is 63.7 Å². The lowest BCUT2D eigenvalue weighted by Crippen LogP contribution is -2.25. The van der Waals surface area contributed by atoms with Gasteiger partial charge in [-0.1, -0.05) is 121 Å². The lowest BCUT2D eigenvalue weighted by atomic mass is 10.00. The van der Waals surface area contributed by atoms with Gasteiger partial charge in [0, 0.05) is 19.3 Å². The Bertz CT molecular complexity index is 795. The van der Waals surface area contributed by atoms with Crippen molar-refractivity contribution in [1.29, 1.82) is 0 Å². The van der Waals surface area contributed by atoms with Crippen LogP contribution in [0.4, 0.5) is 0 Å². The zero-order valence-electron chi connectivity index (χ0n) is 26.9. The highest BCUT2D eigenvalue weighted by molar-refractivity contribution is 5.89. The van der Waals surface area contributed by atoms with Crippen LogP contribution in [0.2, 0.25) is 0 Å². The molecule has 6 nitrogen and oxygen atoms in total. The summed E-state index contributed by atoms with van der Waals surface area (Å²) in [7, 11) is 0. The minimum Gasteiger partial charge on any atom is -0.463 e. The number of ether oxygens (including phenoxy) is 2. The maximum absolute atomic E-state index is 11.9. The topological polar surface area (TPSA) is 89.9 Å². The van der Waals surface area contributed by atoms with Crippen molar-refractivity contribution in [2.24, 2.45) is 5.92 Å². The first kappa shape index (κ1) is 39.5. The average Bonchev–Trinajstić information content (AvgIpc) is 2.98. The standard InChI is InChI=1S/C36H60O6/c1-4-6-20-26-33(37)27-22-17-12-10-8-7-9-11-13-18-23-28-35(39)41-30-34(38)31-42-36(40)29-24-19-15-14-16-21-25-32(3)5-2/h7-8,11-13,17,22,27,32,34,38H,4-6,9-10,14-16,18-21,23-26,28-31H2,1-3H3/b8-7-,13-11-,17-12-,27-22+/t32?,34-/m1/s1. The minimum absolute atomic E-state index is 0.150. The third-order valence-corrected chi connectivity index (χ3v) is 7.08. The van der Waals surface area contributed by atoms with Crippen LogP contribution in [0.25, 0.3) is 0 Å². The SMILES string of the molecule is CCCCCC(=O)/C=C/C=C\C/C=C\C/C=C\CCCC(=O)OC[C@@H](O)COC(=O)CCCCCCCCC(C)CC. The Labute approximate surface area is 256 Å². The largest absolute Gasteiger partial charge is 0.463 e. The third kappa shape index (κ3) is 29.0. The first-order valence-electron chi connectivity index (χ1n) is 16.5. The lowest BCUT2D eigenvalue weighted by Gasteiger charge is -2.12. The van der Waals surface area contributed by atoms with Gasteiger partial charge in [-0.15, -0.1) is 0 Å². The molecular weight excluding hydrogens is 528 g/mol. The Morgan fingerprint density at radius 2 is 1.24 bits per heavy atom. The Morgan fingerprint density at radius 3 is 1.90 bits per heavy atom. The van der Waals surface area contributed by atoms with Crippen molar-refractivity contribution in [3.63, 3.8) is 0 Å². The van der Waals surface area contributed by atoms with Gasteiger partial charge in [-0.3, -0.25) is 14.4 Å². The molecule has 0 aliphatic rings. The zero-order chi connectivity index (χ0) is 31.1. The smallest absolute Gasteiger partial charge is 0.305 e. The quantitative estimate of drug-likeness (QED) is 0.0323. The summed E-state index contributed by atoms with van der Waals surface area (Å²) < 4.78 is 10.2. The van der Waals surface area contributed by atoms with E-state index in [1.165, 1.54) is 32.1 Å². The van der Waals surface area contributed by atoms with Gasteiger partial charge in [0.2, 0.25) is 0 Å².